The van der Waals surface area contributed by atoms with E-state index in [1.54, 1.807) is 38.1 Å². The molecule has 0 heterocycles. The van der Waals surface area contributed by atoms with Crippen LogP contribution >= 0.6 is 11.6 Å². The van der Waals surface area contributed by atoms with Crippen LogP contribution in [0.25, 0.3) is 0 Å². The van der Waals surface area contributed by atoms with Gasteiger partial charge in [0.25, 0.3) is 15.9 Å². The van der Waals surface area contributed by atoms with Crippen LogP contribution in [-0.2, 0) is 14.8 Å². The van der Waals surface area contributed by atoms with Crippen LogP contribution in [0.3, 0.4) is 0 Å². The molecule has 9 heteroatoms. The Morgan fingerprint density at radius 1 is 1.13 bits per heavy atom. The molecular formula is C22H28ClN3O4S. The maximum absolute atomic E-state index is 13.4. The van der Waals surface area contributed by atoms with Crippen LogP contribution in [-0.4, -0.2) is 33.2 Å². The maximum atomic E-state index is 13.4. The fourth-order valence-corrected chi connectivity index (χ4v) is 4.01. The van der Waals surface area contributed by atoms with Crippen LogP contribution in [0.5, 0.6) is 5.75 Å². The Balaban J connectivity index is 2.46. The predicted molar refractivity (Wildman–Crippen MR) is 124 cm³/mol. The van der Waals surface area contributed by atoms with Crippen molar-refractivity contribution in [2.45, 2.75) is 39.5 Å². The highest BCUT2D eigenvalue weighted by Crippen LogP contribution is 2.32. The Morgan fingerprint density at radius 3 is 2.32 bits per heavy atom. The number of halogens is 1. The number of anilines is 1. The number of hydrogen-bond acceptors (Lipinski definition) is 5. The number of rotatable bonds is 8. The van der Waals surface area contributed by atoms with Crippen molar-refractivity contribution >= 4 is 38.9 Å². The Morgan fingerprint density at radius 2 is 1.74 bits per heavy atom. The number of sulfonamides is 1. The van der Waals surface area contributed by atoms with Gasteiger partial charge in [-0.1, -0.05) is 44.5 Å². The van der Waals surface area contributed by atoms with Gasteiger partial charge in [-0.3, -0.25) is 9.10 Å². The number of nitrogens with zero attached hydrogens (tertiary/aromatic N) is 2. The molecular weight excluding hydrogens is 438 g/mol. The van der Waals surface area contributed by atoms with E-state index >= 15 is 0 Å². The number of nitrogens with one attached hydrogen (secondary N) is 1. The van der Waals surface area contributed by atoms with Gasteiger partial charge < -0.3 is 4.74 Å². The lowest BCUT2D eigenvalue weighted by Gasteiger charge is -2.26. The third kappa shape index (κ3) is 6.45. The molecule has 1 amide bonds. The van der Waals surface area contributed by atoms with E-state index in [-0.39, 0.29) is 16.0 Å². The summed E-state index contributed by atoms with van der Waals surface area (Å²) in [6.45, 7) is 9.36. The SMILES string of the molecule is CCOc1ccccc1N(CC(=O)N/N=C(/C)C(C)(C)C)S(=O)(=O)c1ccc(Cl)cc1. The van der Waals surface area contributed by atoms with E-state index in [1.165, 1.54) is 24.3 Å². The van der Waals surface area contributed by atoms with Crippen molar-refractivity contribution in [3.8, 4) is 5.75 Å². The fourth-order valence-electron chi connectivity index (χ4n) is 2.45. The Bertz CT molecular complexity index is 1050. The van der Waals surface area contributed by atoms with Gasteiger partial charge in [0.1, 0.15) is 12.3 Å². The average molecular weight is 466 g/mol. The molecule has 0 radical (unpaired) electrons. The summed E-state index contributed by atoms with van der Waals surface area (Å²) in [6.07, 6.45) is 0. The van der Waals surface area contributed by atoms with Crippen molar-refractivity contribution in [3.63, 3.8) is 0 Å². The molecule has 168 valence electrons. The molecule has 1 N–H and O–H groups in total. The highest BCUT2D eigenvalue weighted by Gasteiger charge is 2.29. The molecule has 2 rings (SSSR count). The highest BCUT2D eigenvalue weighted by molar-refractivity contribution is 7.92. The molecule has 0 fully saturated rings. The highest BCUT2D eigenvalue weighted by atomic mass is 35.5. The first-order valence-electron chi connectivity index (χ1n) is 9.80. The molecule has 2 aromatic carbocycles. The summed E-state index contributed by atoms with van der Waals surface area (Å²) in [5, 5.41) is 4.52. The van der Waals surface area contributed by atoms with E-state index in [4.69, 9.17) is 16.3 Å². The van der Waals surface area contributed by atoms with E-state index in [0.29, 0.717) is 23.1 Å². The van der Waals surface area contributed by atoms with E-state index in [1.807, 2.05) is 20.8 Å². The zero-order valence-corrected chi connectivity index (χ0v) is 19.9. The number of benzene rings is 2. The summed E-state index contributed by atoms with van der Waals surface area (Å²) in [5.41, 5.74) is 3.19. The van der Waals surface area contributed by atoms with Crippen LogP contribution in [0.1, 0.15) is 34.6 Å². The van der Waals surface area contributed by atoms with E-state index in [2.05, 4.69) is 10.5 Å². The topological polar surface area (TPSA) is 88.1 Å². The molecule has 0 spiro atoms. The summed E-state index contributed by atoms with van der Waals surface area (Å²) in [7, 11) is -4.09. The van der Waals surface area contributed by atoms with Crippen molar-refractivity contribution in [1.82, 2.24) is 5.43 Å². The number of carbonyl (C=O) groups excluding carboxylic acids is 1. The molecule has 0 saturated carbocycles. The van der Waals surface area contributed by atoms with Crippen LogP contribution in [0.15, 0.2) is 58.5 Å². The van der Waals surface area contributed by atoms with Gasteiger partial charge in [-0.05, 0) is 50.2 Å². The van der Waals surface area contributed by atoms with Gasteiger partial charge in [-0.15, -0.1) is 0 Å². The number of hydrogen-bond donors (Lipinski definition) is 1. The van der Waals surface area contributed by atoms with E-state index < -0.39 is 22.5 Å². The molecule has 0 unspecified atom stereocenters. The average Bonchev–Trinajstić information content (AvgIpc) is 2.70. The summed E-state index contributed by atoms with van der Waals surface area (Å²) in [6, 6.07) is 12.4. The van der Waals surface area contributed by atoms with Gasteiger partial charge in [0.15, 0.2) is 0 Å². The Kier molecular flexibility index (Phi) is 8.08. The number of amides is 1. The quantitative estimate of drug-likeness (QED) is 0.460. The minimum Gasteiger partial charge on any atom is -0.492 e. The van der Waals surface area contributed by atoms with Gasteiger partial charge in [0.2, 0.25) is 0 Å². The third-order valence-corrected chi connectivity index (χ3v) is 6.58. The van der Waals surface area contributed by atoms with Crippen molar-refractivity contribution in [3.05, 3.63) is 53.6 Å². The van der Waals surface area contributed by atoms with Gasteiger partial charge in [0.05, 0.1) is 17.2 Å². The monoisotopic (exact) mass is 465 g/mol. The Labute approximate surface area is 189 Å². The molecule has 0 bridgehead atoms. The summed E-state index contributed by atoms with van der Waals surface area (Å²) < 4.78 is 33.5. The molecule has 7 nitrogen and oxygen atoms in total. The van der Waals surface area contributed by atoms with Crippen molar-refractivity contribution in [2.24, 2.45) is 10.5 Å². The fraction of sp³-hybridized carbons (Fsp3) is 0.364. The molecule has 2 aromatic rings. The summed E-state index contributed by atoms with van der Waals surface area (Å²) in [4.78, 5) is 12.7. The minimum absolute atomic E-state index is 0.00498. The van der Waals surface area contributed by atoms with Crippen molar-refractivity contribution < 1.29 is 17.9 Å². The maximum Gasteiger partial charge on any atom is 0.264 e. The second-order valence-corrected chi connectivity index (χ2v) is 10.1. The number of hydrazone groups is 1. The summed E-state index contributed by atoms with van der Waals surface area (Å²) in [5.74, 6) is -0.225. The molecule has 0 aliphatic rings. The van der Waals surface area contributed by atoms with E-state index in [0.717, 1.165) is 4.31 Å². The standard InChI is InChI=1S/C22H28ClN3O4S/c1-6-30-20-10-8-7-9-19(20)26(15-21(27)25-24-16(2)22(3,4)5)31(28,29)18-13-11-17(23)12-14-18/h7-14H,6,15H2,1-5H3,(H,25,27)/b24-16-. The lowest BCUT2D eigenvalue weighted by molar-refractivity contribution is -0.119. The number of carbonyl (C=O) groups is 1. The molecule has 0 atom stereocenters. The van der Waals surface area contributed by atoms with Crippen molar-refractivity contribution in [2.75, 3.05) is 17.5 Å². The van der Waals surface area contributed by atoms with Crippen LogP contribution in [0, 0.1) is 5.41 Å². The number of para-hydroxylation sites is 2. The minimum atomic E-state index is -4.09. The summed E-state index contributed by atoms with van der Waals surface area (Å²) >= 11 is 5.91. The molecule has 31 heavy (non-hydrogen) atoms. The second kappa shape index (κ2) is 10.2. The van der Waals surface area contributed by atoms with Crippen LogP contribution < -0.4 is 14.5 Å². The van der Waals surface area contributed by atoms with Gasteiger partial charge >= 0.3 is 0 Å². The zero-order chi connectivity index (χ0) is 23.2. The molecule has 0 saturated heterocycles. The van der Waals surface area contributed by atoms with Crippen LogP contribution in [0.2, 0.25) is 5.02 Å². The second-order valence-electron chi connectivity index (χ2n) is 7.85. The van der Waals surface area contributed by atoms with Crippen LogP contribution in [0.4, 0.5) is 5.69 Å². The van der Waals surface area contributed by atoms with Gasteiger partial charge in [-0.25, -0.2) is 13.8 Å². The molecule has 0 aliphatic heterocycles. The molecule has 0 aliphatic carbocycles. The predicted octanol–water partition coefficient (Wildman–Crippen LogP) is 4.47. The van der Waals surface area contributed by atoms with Crippen molar-refractivity contribution in [1.29, 1.82) is 0 Å². The lowest BCUT2D eigenvalue weighted by atomic mass is 9.91. The first kappa shape index (κ1) is 24.7. The normalized spacial score (nSPS) is 12.4. The Hall–Kier alpha value is -2.58. The smallest absolute Gasteiger partial charge is 0.264 e. The van der Waals surface area contributed by atoms with Gasteiger partial charge in [0, 0.05) is 16.1 Å². The first-order chi connectivity index (χ1) is 14.5. The zero-order valence-electron chi connectivity index (χ0n) is 18.3. The van der Waals surface area contributed by atoms with E-state index in [9.17, 15) is 13.2 Å². The molecule has 0 aromatic heterocycles. The first-order valence-corrected chi connectivity index (χ1v) is 11.6. The number of ether oxygens (including phenoxy) is 1. The largest absolute Gasteiger partial charge is 0.492 e. The van der Waals surface area contributed by atoms with Gasteiger partial charge in [-0.2, -0.15) is 5.10 Å². The third-order valence-electron chi connectivity index (χ3n) is 4.56. The lowest BCUT2D eigenvalue weighted by Crippen LogP contribution is -2.40.